The third-order valence-electron chi connectivity index (χ3n) is 6.54. The van der Waals surface area contributed by atoms with E-state index in [0.29, 0.717) is 5.92 Å². The molecule has 2 aromatic carbocycles. The van der Waals surface area contributed by atoms with Gasteiger partial charge in [0.05, 0.1) is 11.9 Å². The average molecular weight is 396 g/mol. The molecule has 2 aromatic heterocycles. The summed E-state index contributed by atoms with van der Waals surface area (Å²) in [5.41, 5.74) is 8.77. The van der Waals surface area contributed by atoms with Gasteiger partial charge in [-0.1, -0.05) is 73.9 Å². The smallest absolute Gasteiger partial charge is 0.158 e. The van der Waals surface area contributed by atoms with Crippen molar-refractivity contribution < 1.29 is 0 Å². The highest BCUT2D eigenvalue weighted by Gasteiger charge is 2.23. The van der Waals surface area contributed by atoms with Crippen LogP contribution in [-0.4, -0.2) is 14.6 Å². The van der Waals surface area contributed by atoms with Crippen LogP contribution in [-0.2, 0) is 12.8 Å². The minimum Gasteiger partial charge on any atom is -0.236 e. The van der Waals surface area contributed by atoms with Crippen LogP contribution in [0.15, 0.2) is 67.0 Å². The number of hydrogen-bond acceptors (Lipinski definition) is 2. The van der Waals surface area contributed by atoms with Gasteiger partial charge < -0.3 is 0 Å². The van der Waals surface area contributed by atoms with Crippen molar-refractivity contribution in [2.24, 2.45) is 0 Å². The van der Waals surface area contributed by atoms with Crippen LogP contribution >= 0.6 is 0 Å². The zero-order valence-corrected chi connectivity index (χ0v) is 17.7. The van der Waals surface area contributed by atoms with Crippen LogP contribution in [0.25, 0.3) is 16.8 Å². The Labute approximate surface area is 178 Å². The first-order chi connectivity index (χ1) is 14.8. The molecule has 0 aliphatic heterocycles. The molecule has 1 aliphatic rings. The number of rotatable bonds is 5. The Kier molecular flexibility index (Phi) is 5.35. The Bertz CT molecular complexity index is 1120. The first kappa shape index (κ1) is 19.0. The molecule has 2 heterocycles. The summed E-state index contributed by atoms with van der Waals surface area (Å²) >= 11 is 0. The van der Waals surface area contributed by atoms with Gasteiger partial charge in [-0.3, -0.25) is 0 Å². The molecule has 0 amide bonds. The number of hydrogen-bond donors (Lipinski definition) is 0. The Morgan fingerprint density at radius 1 is 0.833 bits per heavy atom. The molecule has 0 radical (unpaired) electrons. The predicted molar refractivity (Wildman–Crippen MR) is 123 cm³/mol. The van der Waals surface area contributed by atoms with Crippen molar-refractivity contribution in [1.29, 1.82) is 0 Å². The number of aromatic nitrogens is 3. The molecule has 0 spiro atoms. The summed E-state index contributed by atoms with van der Waals surface area (Å²) < 4.78 is 2.12. The van der Waals surface area contributed by atoms with Gasteiger partial charge in [0, 0.05) is 23.2 Å². The van der Waals surface area contributed by atoms with Crippen LogP contribution in [0.3, 0.4) is 0 Å². The van der Waals surface area contributed by atoms with E-state index in [-0.39, 0.29) is 0 Å². The lowest BCUT2D eigenvalue weighted by Gasteiger charge is -2.25. The van der Waals surface area contributed by atoms with Gasteiger partial charge in [0.15, 0.2) is 5.65 Å². The topological polar surface area (TPSA) is 30.2 Å². The Morgan fingerprint density at radius 2 is 1.53 bits per heavy atom. The maximum atomic E-state index is 4.77. The zero-order chi connectivity index (χ0) is 20.3. The fraction of sp³-hybridized carbons (Fsp3) is 0.333. The first-order valence-corrected chi connectivity index (χ1v) is 11.3. The average Bonchev–Trinajstić information content (AvgIpc) is 3.19. The number of benzene rings is 2. The summed E-state index contributed by atoms with van der Waals surface area (Å²) in [7, 11) is 0. The van der Waals surface area contributed by atoms with E-state index in [1.165, 1.54) is 60.1 Å². The van der Waals surface area contributed by atoms with Crippen molar-refractivity contribution in [2.75, 3.05) is 0 Å². The molecule has 1 aliphatic carbocycles. The molecule has 152 valence electrons. The number of aryl methyl sites for hydroxylation is 3. The Hall–Kier alpha value is -2.94. The fourth-order valence-corrected chi connectivity index (χ4v) is 4.84. The van der Waals surface area contributed by atoms with Crippen LogP contribution in [0.1, 0.15) is 60.4 Å². The van der Waals surface area contributed by atoms with Crippen LogP contribution in [0.4, 0.5) is 0 Å². The van der Waals surface area contributed by atoms with E-state index in [4.69, 9.17) is 10.1 Å². The van der Waals surface area contributed by atoms with Crippen molar-refractivity contribution in [3.63, 3.8) is 0 Å². The molecule has 0 unspecified atom stereocenters. The van der Waals surface area contributed by atoms with Crippen molar-refractivity contribution in [3.05, 3.63) is 89.4 Å². The predicted octanol–water partition coefficient (Wildman–Crippen LogP) is 6.54. The zero-order valence-electron chi connectivity index (χ0n) is 17.7. The highest BCUT2D eigenvalue weighted by molar-refractivity contribution is 5.68. The molecule has 0 bridgehead atoms. The summed E-state index contributed by atoms with van der Waals surface area (Å²) in [5.74, 6) is 0.566. The number of nitrogens with zero attached hydrogens (tertiary/aromatic N) is 3. The molecule has 0 atom stereocenters. The minimum absolute atomic E-state index is 0.566. The Morgan fingerprint density at radius 3 is 2.27 bits per heavy atom. The lowest BCUT2D eigenvalue weighted by atomic mass is 9.84. The summed E-state index contributed by atoms with van der Waals surface area (Å²) in [6.07, 6.45) is 12.6. The molecule has 1 saturated carbocycles. The first-order valence-electron chi connectivity index (χ1n) is 11.3. The second-order valence-corrected chi connectivity index (χ2v) is 8.64. The van der Waals surface area contributed by atoms with Crippen LogP contribution in [0.2, 0.25) is 0 Å². The van der Waals surface area contributed by atoms with Crippen LogP contribution in [0, 0.1) is 6.92 Å². The van der Waals surface area contributed by atoms with Gasteiger partial charge in [0.25, 0.3) is 0 Å². The quantitative estimate of drug-likeness (QED) is 0.384. The normalized spacial score (nSPS) is 15.0. The Balaban J connectivity index is 1.46. The number of fused-ring (bicyclic) bond motifs is 1. The second-order valence-electron chi connectivity index (χ2n) is 8.64. The molecule has 0 N–H and O–H groups in total. The molecule has 3 heteroatoms. The largest absolute Gasteiger partial charge is 0.236 e. The summed E-state index contributed by atoms with van der Waals surface area (Å²) in [4.78, 5) is 4.77. The van der Waals surface area contributed by atoms with Crippen molar-refractivity contribution >= 4 is 5.65 Å². The SMILES string of the molecule is Cc1cnn2c(C3CCCCC3)c(-c3ccc(CCc4ccccc4)cc3)cnc12. The lowest BCUT2D eigenvalue weighted by molar-refractivity contribution is 0.431. The molecular formula is C27H29N3. The van der Waals surface area contributed by atoms with Gasteiger partial charge in [-0.15, -0.1) is 0 Å². The lowest BCUT2D eigenvalue weighted by Crippen LogP contribution is -2.12. The highest BCUT2D eigenvalue weighted by Crippen LogP contribution is 2.38. The summed E-state index contributed by atoms with van der Waals surface area (Å²) in [6.45, 7) is 2.10. The van der Waals surface area contributed by atoms with Gasteiger partial charge in [-0.2, -0.15) is 5.10 Å². The van der Waals surface area contributed by atoms with E-state index < -0.39 is 0 Å². The van der Waals surface area contributed by atoms with Crippen LogP contribution in [0.5, 0.6) is 0 Å². The summed E-state index contributed by atoms with van der Waals surface area (Å²) in [6, 6.07) is 19.8. The molecule has 0 saturated heterocycles. The molecule has 1 fully saturated rings. The van der Waals surface area contributed by atoms with Crippen molar-refractivity contribution in [1.82, 2.24) is 14.6 Å². The third kappa shape index (κ3) is 3.77. The van der Waals surface area contributed by atoms with Crippen LogP contribution < -0.4 is 0 Å². The van der Waals surface area contributed by atoms with E-state index in [1.54, 1.807) is 0 Å². The maximum Gasteiger partial charge on any atom is 0.158 e. The monoisotopic (exact) mass is 395 g/mol. The van der Waals surface area contributed by atoms with E-state index >= 15 is 0 Å². The molecule has 5 rings (SSSR count). The minimum atomic E-state index is 0.566. The van der Waals surface area contributed by atoms with E-state index in [9.17, 15) is 0 Å². The second kappa shape index (κ2) is 8.43. The fourth-order valence-electron chi connectivity index (χ4n) is 4.84. The van der Waals surface area contributed by atoms with E-state index in [2.05, 4.69) is 72.2 Å². The van der Waals surface area contributed by atoms with Gasteiger partial charge in [-0.25, -0.2) is 9.50 Å². The molecule has 30 heavy (non-hydrogen) atoms. The van der Waals surface area contributed by atoms with E-state index in [0.717, 1.165) is 24.1 Å². The van der Waals surface area contributed by atoms with E-state index in [1.807, 2.05) is 6.20 Å². The standard InChI is InChI=1S/C27H29N3/c1-20-18-29-30-26(24-10-6-3-7-11-24)25(19-28-27(20)30)23-16-14-22(15-17-23)13-12-21-8-4-2-5-9-21/h2,4-5,8-9,14-19,24H,3,6-7,10-13H2,1H3. The van der Waals surface area contributed by atoms with Gasteiger partial charge >= 0.3 is 0 Å². The third-order valence-corrected chi connectivity index (χ3v) is 6.54. The van der Waals surface area contributed by atoms with Gasteiger partial charge in [0.1, 0.15) is 0 Å². The van der Waals surface area contributed by atoms with Crippen molar-refractivity contribution in [3.8, 4) is 11.1 Å². The molecule has 3 nitrogen and oxygen atoms in total. The van der Waals surface area contributed by atoms with Crippen molar-refractivity contribution in [2.45, 2.75) is 57.8 Å². The highest BCUT2D eigenvalue weighted by atomic mass is 15.3. The maximum absolute atomic E-state index is 4.77. The molecular weight excluding hydrogens is 366 g/mol. The van der Waals surface area contributed by atoms with Gasteiger partial charge in [0.2, 0.25) is 0 Å². The summed E-state index contributed by atoms with van der Waals surface area (Å²) in [5, 5.41) is 4.71. The molecule has 4 aromatic rings. The van der Waals surface area contributed by atoms with Gasteiger partial charge in [-0.05, 0) is 49.3 Å².